The number of ether oxygens (including phenoxy) is 1. The Bertz CT molecular complexity index is 543. The van der Waals surface area contributed by atoms with Crippen LogP contribution >= 0.6 is 15.9 Å². The highest BCUT2D eigenvalue weighted by Crippen LogP contribution is 2.19. The van der Waals surface area contributed by atoms with Crippen molar-refractivity contribution < 1.29 is 18.7 Å². The minimum Gasteiger partial charge on any atom is -0.385 e. The summed E-state index contributed by atoms with van der Waals surface area (Å²) < 4.78 is 19.1. The van der Waals surface area contributed by atoms with Crippen LogP contribution < -0.4 is 10.6 Å². The van der Waals surface area contributed by atoms with Crippen LogP contribution in [0.4, 0.5) is 10.1 Å². The van der Waals surface area contributed by atoms with Crippen LogP contribution in [0.15, 0.2) is 22.7 Å². The molecule has 0 atom stereocenters. The molecule has 0 bridgehead atoms. The summed E-state index contributed by atoms with van der Waals surface area (Å²) in [5, 5.41) is 5.21. The third-order valence-electron chi connectivity index (χ3n) is 2.88. The van der Waals surface area contributed by atoms with Gasteiger partial charge in [-0.15, -0.1) is 0 Å². The van der Waals surface area contributed by atoms with Gasteiger partial charge < -0.3 is 15.4 Å². The zero-order valence-electron chi connectivity index (χ0n) is 13.2. The number of likely N-dealkylation sites (N-methyl/N-ethyl adjacent to an activating group) is 1. The molecule has 0 aliphatic rings. The second-order valence-corrected chi connectivity index (χ2v) is 5.96. The Balaban J connectivity index is 2.34. The van der Waals surface area contributed by atoms with Gasteiger partial charge >= 0.3 is 0 Å². The Morgan fingerprint density at radius 1 is 1.30 bits per heavy atom. The van der Waals surface area contributed by atoms with Gasteiger partial charge in [-0.05, 0) is 31.7 Å². The number of benzene rings is 1. The lowest BCUT2D eigenvalue weighted by atomic mass is 10.3. The van der Waals surface area contributed by atoms with E-state index in [9.17, 15) is 14.0 Å². The average molecular weight is 390 g/mol. The van der Waals surface area contributed by atoms with E-state index in [4.69, 9.17) is 4.74 Å². The number of nitrogens with zero attached hydrogens (tertiary/aromatic N) is 1. The van der Waals surface area contributed by atoms with Crippen LogP contribution in [0.25, 0.3) is 0 Å². The van der Waals surface area contributed by atoms with Gasteiger partial charge in [0.05, 0.1) is 18.8 Å². The Morgan fingerprint density at radius 3 is 2.65 bits per heavy atom. The van der Waals surface area contributed by atoms with Crippen molar-refractivity contribution >= 4 is 33.4 Å². The molecule has 6 nitrogen and oxygen atoms in total. The second kappa shape index (κ2) is 10.3. The first-order valence-corrected chi connectivity index (χ1v) is 7.90. The van der Waals surface area contributed by atoms with Crippen molar-refractivity contribution in [3.8, 4) is 0 Å². The molecule has 2 N–H and O–H groups in total. The molecule has 1 aromatic carbocycles. The number of hydrogen-bond donors (Lipinski definition) is 2. The first-order valence-electron chi connectivity index (χ1n) is 7.11. The van der Waals surface area contributed by atoms with E-state index in [-0.39, 0.29) is 30.6 Å². The van der Waals surface area contributed by atoms with Crippen molar-refractivity contribution in [2.45, 2.75) is 6.42 Å². The Hall–Kier alpha value is -1.51. The number of rotatable bonds is 9. The number of amides is 2. The van der Waals surface area contributed by atoms with E-state index in [1.807, 2.05) is 0 Å². The molecule has 0 aliphatic heterocycles. The van der Waals surface area contributed by atoms with E-state index < -0.39 is 5.82 Å². The lowest BCUT2D eigenvalue weighted by molar-refractivity contribution is -0.123. The largest absolute Gasteiger partial charge is 0.385 e. The van der Waals surface area contributed by atoms with Gasteiger partial charge in [0.15, 0.2) is 0 Å². The van der Waals surface area contributed by atoms with Crippen LogP contribution in [0, 0.1) is 5.82 Å². The summed E-state index contributed by atoms with van der Waals surface area (Å²) in [6.07, 6.45) is 0.731. The maximum Gasteiger partial charge on any atom is 0.238 e. The molecule has 8 heteroatoms. The summed E-state index contributed by atoms with van der Waals surface area (Å²) in [5.74, 6) is -1.08. The Morgan fingerprint density at radius 2 is 2.00 bits per heavy atom. The van der Waals surface area contributed by atoms with Gasteiger partial charge in [0.25, 0.3) is 0 Å². The quantitative estimate of drug-likeness (QED) is 0.629. The molecule has 0 saturated carbocycles. The molecule has 2 amide bonds. The molecular weight excluding hydrogens is 369 g/mol. The first-order chi connectivity index (χ1) is 10.9. The van der Waals surface area contributed by atoms with Crippen molar-refractivity contribution in [2.24, 2.45) is 0 Å². The van der Waals surface area contributed by atoms with Crippen molar-refractivity contribution in [3.63, 3.8) is 0 Å². The third kappa shape index (κ3) is 8.06. The molecule has 1 aromatic rings. The molecule has 0 spiro atoms. The fourth-order valence-electron chi connectivity index (χ4n) is 1.83. The summed E-state index contributed by atoms with van der Waals surface area (Å²) in [4.78, 5) is 25.1. The summed E-state index contributed by atoms with van der Waals surface area (Å²) in [6, 6.07) is 4.38. The highest BCUT2D eigenvalue weighted by atomic mass is 79.9. The van der Waals surface area contributed by atoms with Gasteiger partial charge in [-0.3, -0.25) is 14.5 Å². The lowest BCUT2D eigenvalue weighted by Crippen LogP contribution is -2.39. The van der Waals surface area contributed by atoms with Gasteiger partial charge in [0.1, 0.15) is 5.82 Å². The van der Waals surface area contributed by atoms with Crippen LogP contribution in [-0.2, 0) is 14.3 Å². The number of hydrogen-bond acceptors (Lipinski definition) is 4. The van der Waals surface area contributed by atoms with Crippen molar-refractivity contribution in [3.05, 3.63) is 28.5 Å². The second-order valence-electron chi connectivity index (χ2n) is 5.04. The summed E-state index contributed by atoms with van der Waals surface area (Å²) in [5.41, 5.74) is 0.107. The molecular formula is C15H21BrFN3O3. The number of carbonyl (C=O) groups excluding carboxylic acids is 2. The number of methoxy groups -OCH3 is 1. The van der Waals surface area contributed by atoms with Crippen LogP contribution in [-0.4, -0.2) is 57.1 Å². The van der Waals surface area contributed by atoms with Crippen LogP contribution in [0.1, 0.15) is 6.42 Å². The predicted octanol–water partition coefficient (Wildman–Crippen LogP) is 1.61. The molecule has 0 aliphatic carbocycles. The Labute approximate surface area is 143 Å². The number of carbonyl (C=O) groups is 2. The molecule has 0 fully saturated rings. The molecule has 0 saturated heterocycles. The fourth-order valence-corrected chi connectivity index (χ4v) is 2.16. The van der Waals surface area contributed by atoms with Gasteiger partial charge in [-0.2, -0.15) is 0 Å². The first kappa shape index (κ1) is 19.5. The van der Waals surface area contributed by atoms with Gasteiger partial charge in [0, 0.05) is 24.7 Å². The van der Waals surface area contributed by atoms with Crippen molar-refractivity contribution in [1.82, 2.24) is 10.2 Å². The lowest BCUT2D eigenvalue weighted by Gasteiger charge is -2.16. The van der Waals surface area contributed by atoms with E-state index in [0.717, 1.165) is 6.42 Å². The fraction of sp³-hybridized carbons (Fsp3) is 0.467. The summed E-state index contributed by atoms with van der Waals surface area (Å²) in [6.45, 7) is 1.18. The molecule has 0 unspecified atom stereocenters. The van der Waals surface area contributed by atoms with Gasteiger partial charge in [-0.1, -0.05) is 15.9 Å². The van der Waals surface area contributed by atoms with E-state index in [1.165, 1.54) is 12.1 Å². The van der Waals surface area contributed by atoms with Crippen LogP contribution in [0.2, 0.25) is 0 Å². The third-order valence-corrected chi connectivity index (χ3v) is 3.37. The van der Waals surface area contributed by atoms with Gasteiger partial charge in [0.2, 0.25) is 11.8 Å². The summed E-state index contributed by atoms with van der Waals surface area (Å²) >= 11 is 3.15. The van der Waals surface area contributed by atoms with E-state index in [2.05, 4.69) is 26.6 Å². The van der Waals surface area contributed by atoms with Gasteiger partial charge in [-0.25, -0.2) is 4.39 Å². The maximum absolute atomic E-state index is 13.6. The SMILES string of the molecule is COCCCNC(=O)CN(C)CC(=O)Nc1ccc(Br)cc1F. The number of anilines is 1. The molecule has 128 valence electrons. The average Bonchev–Trinajstić information content (AvgIpc) is 2.46. The minimum atomic E-state index is -0.522. The maximum atomic E-state index is 13.6. The topological polar surface area (TPSA) is 70.7 Å². The zero-order valence-corrected chi connectivity index (χ0v) is 14.8. The predicted molar refractivity (Wildman–Crippen MR) is 89.7 cm³/mol. The molecule has 0 radical (unpaired) electrons. The number of halogens is 2. The smallest absolute Gasteiger partial charge is 0.238 e. The normalized spacial score (nSPS) is 10.7. The van der Waals surface area contributed by atoms with Crippen molar-refractivity contribution in [2.75, 3.05) is 45.7 Å². The highest BCUT2D eigenvalue weighted by Gasteiger charge is 2.12. The number of nitrogens with one attached hydrogen (secondary N) is 2. The minimum absolute atomic E-state index is 0.0129. The van der Waals surface area contributed by atoms with E-state index in [1.54, 1.807) is 25.1 Å². The molecule has 0 heterocycles. The van der Waals surface area contributed by atoms with Crippen LogP contribution in [0.3, 0.4) is 0 Å². The highest BCUT2D eigenvalue weighted by molar-refractivity contribution is 9.10. The molecule has 1 rings (SSSR count). The zero-order chi connectivity index (χ0) is 17.2. The standard InChI is InChI=1S/C15H21BrFN3O3/c1-20(9-14(21)18-6-3-7-23-2)10-15(22)19-13-5-4-11(16)8-12(13)17/h4-5,8H,3,6-7,9-10H2,1-2H3,(H,18,21)(H,19,22). The Kier molecular flexibility index (Phi) is 8.75. The van der Waals surface area contributed by atoms with Crippen molar-refractivity contribution in [1.29, 1.82) is 0 Å². The summed E-state index contributed by atoms with van der Waals surface area (Å²) in [7, 11) is 3.24. The van der Waals surface area contributed by atoms with E-state index >= 15 is 0 Å². The van der Waals surface area contributed by atoms with E-state index in [0.29, 0.717) is 17.6 Å². The monoisotopic (exact) mass is 389 g/mol. The van der Waals surface area contributed by atoms with Crippen LogP contribution in [0.5, 0.6) is 0 Å². The molecule has 23 heavy (non-hydrogen) atoms. The molecule has 0 aromatic heterocycles.